The number of carbonyl (C=O) groups excluding carboxylic acids is 1. The van der Waals surface area contributed by atoms with Crippen molar-refractivity contribution in [1.29, 1.82) is 0 Å². The van der Waals surface area contributed by atoms with Gasteiger partial charge in [-0.05, 0) is 13.3 Å². The minimum Gasteiger partial charge on any atom is -0.724 e. The Labute approximate surface area is 93.2 Å². The van der Waals surface area contributed by atoms with E-state index in [1.807, 2.05) is 0 Å². The van der Waals surface area contributed by atoms with E-state index in [1.54, 1.807) is 6.92 Å². The molecule has 8 heteroatoms. The Balaban J connectivity index is 2.45. The summed E-state index contributed by atoms with van der Waals surface area (Å²) in [6.45, 7) is 3.62. The summed E-state index contributed by atoms with van der Waals surface area (Å²) >= 11 is 0. The molecule has 0 unspecified atom stereocenters. The fourth-order valence-corrected chi connectivity index (χ4v) is 1.52. The van der Waals surface area contributed by atoms with Gasteiger partial charge in [0.2, 0.25) is 0 Å². The molecule has 0 radical (unpaired) electrons. The van der Waals surface area contributed by atoms with Crippen LogP contribution in [0.1, 0.15) is 13.3 Å². The van der Waals surface area contributed by atoms with Gasteiger partial charge in [-0.2, -0.15) is 0 Å². The van der Waals surface area contributed by atoms with Crippen LogP contribution in [0.5, 0.6) is 0 Å². The Morgan fingerprint density at radius 3 is 2.81 bits per heavy atom. The average Bonchev–Trinajstić information content (AvgIpc) is 2.53. The van der Waals surface area contributed by atoms with Gasteiger partial charge in [0.05, 0.1) is 11.9 Å². The van der Waals surface area contributed by atoms with Crippen molar-refractivity contribution in [1.82, 2.24) is 15.2 Å². The molecule has 1 saturated heterocycles. The maximum atomic E-state index is 11.4. The van der Waals surface area contributed by atoms with Crippen molar-refractivity contribution in [2.75, 3.05) is 32.8 Å². The fourth-order valence-electron chi connectivity index (χ4n) is 1.52. The molecule has 0 saturated carbocycles. The number of hydrazine groups is 1. The highest BCUT2D eigenvalue weighted by atomic mass is 16.6. The summed E-state index contributed by atoms with van der Waals surface area (Å²) in [6, 6.07) is 0. The van der Waals surface area contributed by atoms with E-state index >= 15 is 0 Å². The maximum Gasteiger partial charge on any atom is 0.409 e. The second-order valence-corrected chi connectivity index (χ2v) is 3.33. The van der Waals surface area contributed by atoms with Crippen LogP contribution in [-0.4, -0.2) is 54.1 Å². The Kier molecular flexibility index (Phi) is 4.93. The molecule has 0 aromatic heterocycles. The van der Waals surface area contributed by atoms with Crippen LogP contribution < -0.4 is 0 Å². The van der Waals surface area contributed by atoms with Crippen molar-refractivity contribution in [2.45, 2.75) is 13.3 Å². The largest absolute Gasteiger partial charge is 0.724 e. The molecule has 1 amide bonds. The van der Waals surface area contributed by atoms with Gasteiger partial charge in [-0.25, -0.2) is 9.80 Å². The second-order valence-electron chi connectivity index (χ2n) is 3.33. The van der Waals surface area contributed by atoms with Crippen molar-refractivity contribution in [3.05, 3.63) is 10.1 Å². The van der Waals surface area contributed by atoms with Crippen molar-refractivity contribution in [2.24, 2.45) is 5.29 Å². The second kappa shape index (κ2) is 6.23. The maximum absolute atomic E-state index is 11.4. The minimum absolute atomic E-state index is 0.0225. The monoisotopic (exact) mass is 231 g/mol. The summed E-state index contributed by atoms with van der Waals surface area (Å²) < 4.78 is 4.85. The van der Waals surface area contributed by atoms with Crippen molar-refractivity contribution in [3.63, 3.8) is 0 Å². The van der Waals surface area contributed by atoms with Crippen LogP contribution in [0, 0.1) is 10.1 Å². The smallest absolute Gasteiger partial charge is 0.409 e. The molecule has 1 aliphatic heterocycles. The third-order valence-electron chi connectivity index (χ3n) is 2.31. The van der Waals surface area contributed by atoms with Gasteiger partial charge in [0.25, 0.3) is 0 Å². The molecule has 92 valence electrons. The molecule has 0 aromatic carbocycles. The summed E-state index contributed by atoms with van der Waals surface area (Å²) in [5.74, 6) is 0. The standard InChI is InChI=1S/C8H15N4O4/c1-2-16-8(13)10-4-3-5-11(7-6-10)12(15)9-14/h2-7H2,1H3/q-1. The number of hydrogen-bond acceptors (Lipinski definition) is 6. The Hall–Kier alpha value is -1.41. The van der Waals surface area contributed by atoms with Crippen LogP contribution in [0.25, 0.3) is 0 Å². The zero-order valence-electron chi connectivity index (χ0n) is 9.16. The van der Waals surface area contributed by atoms with E-state index in [1.165, 1.54) is 9.91 Å². The zero-order valence-corrected chi connectivity index (χ0v) is 9.16. The van der Waals surface area contributed by atoms with E-state index in [0.717, 1.165) is 0 Å². The molecule has 1 heterocycles. The summed E-state index contributed by atoms with van der Waals surface area (Å²) in [5.41, 5.74) is 0. The Bertz CT molecular complexity index is 250. The van der Waals surface area contributed by atoms with Gasteiger partial charge in [-0.3, -0.25) is 5.28 Å². The Morgan fingerprint density at radius 1 is 1.44 bits per heavy atom. The molecule has 1 fully saturated rings. The van der Waals surface area contributed by atoms with Crippen LogP contribution in [0.3, 0.4) is 0 Å². The Morgan fingerprint density at radius 2 is 2.19 bits per heavy atom. The van der Waals surface area contributed by atoms with E-state index in [0.29, 0.717) is 32.7 Å². The molecule has 0 N–H and O–H groups in total. The first-order chi connectivity index (χ1) is 7.69. The lowest BCUT2D eigenvalue weighted by Crippen LogP contribution is -2.39. The van der Waals surface area contributed by atoms with Gasteiger partial charge in [0, 0.05) is 26.2 Å². The van der Waals surface area contributed by atoms with Gasteiger partial charge in [-0.15, -0.1) is 4.91 Å². The molecule has 8 nitrogen and oxygen atoms in total. The average molecular weight is 231 g/mol. The number of amides is 1. The van der Waals surface area contributed by atoms with Crippen molar-refractivity contribution >= 4 is 6.09 Å². The van der Waals surface area contributed by atoms with E-state index < -0.39 is 0 Å². The molecule has 0 aromatic rings. The van der Waals surface area contributed by atoms with E-state index in [-0.39, 0.29) is 17.9 Å². The normalized spacial score (nSPS) is 17.8. The fraction of sp³-hybridized carbons (Fsp3) is 0.875. The van der Waals surface area contributed by atoms with Gasteiger partial charge >= 0.3 is 6.09 Å². The third kappa shape index (κ3) is 3.31. The zero-order chi connectivity index (χ0) is 12.0. The van der Waals surface area contributed by atoms with Gasteiger partial charge in [-0.1, -0.05) is 0 Å². The number of nitrogens with zero attached hydrogens (tertiary/aromatic N) is 4. The number of ether oxygens (including phenoxy) is 1. The van der Waals surface area contributed by atoms with Crippen LogP contribution in [0.2, 0.25) is 0 Å². The number of carbonyl (C=O) groups is 1. The minimum atomic E-state index is -0.388. The summed E-state index contributed by atoms with van der Waals surface area (Å²) in [4.78, 5) is 23.0. The van der Waals surface area contributed by atoms with Crippen molar-refractivity contribution in [3.8, 4) is 0 Å². The highest BCUT2D eigenvalue weighted by molar-refractivity contribution is 5.67. The molecule has 1 aliphatic rings. The first kappa shape index (κ1) is 12.7. The van der Waals surface area contributed by atoms with Gasteiger partial charge in [0.1, 0.15) is 0 Å². The highest BCUT2D eigenvalue weighted by Crippen LogP contribution is 2.07. The number of nitroso groups, excluding NO2 is 1. The van der Waals surface area contributed by atoms with E-state index in [2.05, 4.69) is 5.29 Å². The molecule has 0 bridgehead atoms. The summed E-state index contributed by atoms with van der Waals surface area (Å²) in [6.07, 6.45) is 0.216. The van der Waals surface area contributed by atoms with Gasteiger partial charge < -0.3 is 14.8 Å². The van der Waals surface area contributed by atoms with Crippen LogP contribution in [0.15, 0.2) is 5.29 Å². The third-order valence-corrected chi connectivity index (χ3v) is 2.31. The van der Waals surface area contributed by atoms with Crippen molar-refractivity contribution < 1.29 is 9.53 Å². The molecule has 16 heavy (non-hydrogen) atoms. The first-order valence-corrected chi connectivity index (χ1v) is 5.16. The highest BCUT2D eigenvalue weighted by Gasteiger charge is 2.20. The molecular formula is C8H15N4O4-. The number of rotatable bonds is 3. The van der Waals surface area contributed by atoms with E-state index in [4.69, 9.17) is 4.74 Å². The molecule has 0 atom stereocenters. The predicted octanol–water partition coefficient (Wildman–Crippen LogP) is 0.547. The number of hydrogen-bond donors (Lipinski definition) is 0. The SMILES string of the molecule is CCOC(=O)N1CCCN(N([O-])N=O)CC1. The molecule has 0 spiro atoms. The first-order valence-electron chi connectivity index (χ1n) is 5.16. The van der Waals surface area contributed by atoms with Crippen LogP contribution >= 0.6 is 0 Å². The van der Waals surface area contributed by atoms with Crippen LogP contribution in [0.4, 0.5) is 4.79 Å². The molecule has 0 aliphatic carbocycles. The van der Waals surface area contributed by atoms with E-state index in [9.17, 15) is 14.9 Å². The summed E-state index contributed by atoms with van der Waals surface area (Å²) in [5, 5.41) is 14.5. The summed E-state index contributed by atoms with van der Waals surface area (Å²) in [7, 11) is 0. The predicted molar refractivity (Wildman–Crippen MR) is 55.8 cm³/mol. The topological polar surface area (TPSA) is 88.5 Å². The quantitative estimate of drug-likeness (QED) is 0.520. The lowest BCUT2D eigenvalue weighted by atomic mass is 10.4. The molecular weight excluding hydrogens is 216 g/mol. The van der Waals surface area contributed by atoms with Gasteiger partial charge in [0.15, 0.2) is 0 Å². The van der Waals surface area contributed by atoms with Crippen LogP contribution in [-0.2, 0) is 4.74 Å². The molecule has 1 rings (SSSR count). The lowest BCUT2D eigenvalue weighted by Gasteiger charge is -2.32. The lowest BCUT2D eigenvalue weighted by molar-refractivity contribution is 0.0260.